The number of hydrogen-bond donors (Lipinski definition) is 1. The smallest absolute Gasteiger partial charge is 0.336 e. The molecule has 80 valence electrons. The topological polar surface area (TPSA) is 100 Å². The normalized spacial score (nSPS) is 8.80. The highest BCUT2D eigenvalue weighted by Crippen LogP contribution is 2.17. The van der Waals surface area contributed by atoms with Crippen molar-refractivity contribution in [2.45, 2.75) is 0 Å². The zero-order chi connectivity index (χ0) is 9.26. The summed E-state index contributed by atoms with van der Waals surface area (Å²) < 4.78 is 0. The van der Waals surface area contributed by atoms with Gasteiger partial charge in [0.05, 0.1) is 5.56 Å². The van der Waals surface area contributed by atoms with Crippen molar-refractivity contribution in [2.24, 2.45) is 0 Å². The van der Waals surface area contributed by atoms with Crippen LogP contribution in [0.4, 0.5) is 0 Å². The quantitative estimate of drug-likeness (QED) is 0.752. The van der Waals surface area contributed by atoms with Gasteiger partial charge in [0.15, 0.2) is 0 Å². The van der Waals surface area contributed by atoms with E-state index in [0.717, 1.165) is 10.8 Å². The summed E-state index contributed by atoms with van der Waals surface area (Å²) >= 11 is 0. The minimum Gasteiger partial charge on any atom is -0.478 e. The molecule has 0 atom stereocenters. The second-order valence-corrected chi connectivity index (χ2v) is 2.83. The number of carbonyl (C=O) groups is 1. The average molecular weight is 208 g/mol. The molecular formula is C11H12O4. The molecule has 0 aliphatic rings. The molecule has 2 aromatic carbocycles. The Balaban J connectivity index is 0.000000980. The Morgan fingerprint density at radius 1 is 0.933 bits per heavy atom. The van der Waals surface area contributed by atoms with Gasteiger partial charge in [0, 0.05) is 0 Å². The van der Waals surface area contributed by atoms with E-state index in [9.17, 15) is 4.79 Å². The molecule has 0 radical (unpaired) electrons. The fourth-order valence-electron chi connectivity index (χ4n) is 1.41. The summed E-state index contributed by atoms with van der Waals surface area (Å²) in [7, 11) is 0. The Morgan fingerprint density at radius 2 is 1.53 bits per heavy atom. The summed E-state index contributed by atoms with van der Waals surface area (Å²) in [5.41, 5.74) is 0.359. The second kappa shape index (κ2) is 5.09. The van der Waals surface area contributed by atoms with Crippen LogP contribution >= 0.6 is 0 Å². The molecule has 0 heterocycles. The van der Waals surface area contributed by atoms with E-state index in [2.05, 4.69) is 0 Å². The van der Waals surface area contributed by atoms with E-state index in [4.69, 9.17) is 5.11 Å². The standard InChI is InChI=1S/C11H8O2.2H2O/c12-11(13)10-7-3-5-8-4-1-2-6-9(8)10;;/h1-7H,(H,12,13);2*1H2. The van der Waals surface area contributed by atoms with Crippen molar-refractivity contribution < 1.29 is 20.9 Å². The van der Waals surface area contributed by atoms with Gasteiger partial charge in [-0.1, -0.05) is 36.4 Å². The predicted molar refractivity (Wildman–Crippen MR) is 58.1 cm³/mol. The van der Waals surface area contributed by atoms with E-state index in [1.165, 1.54) is 0 Å². The minimum absolute atomic E-state index is 0. The summed E-state index contributed by atoms with van der Waals surface area (Å²) in [5, 5.41) is 10.6. The number of benzene rings is 2. The van der Waals surface area contributed by atoms with Crippen molar-refractivity contribution in [1.29, 1.82) is 0 Å². The first kappa shape index (κ1) is 13.1. The lowest BCUT2D eigenvalue weighted by Gasteiger charge is -2.00. The van der Waals surface area contributed by atoms with Crippen LogP contribution < -0.4 is 0 Å². The zero-order valence-electron chi connectivity index (χ0n) is 7.90. The van der Waals surface area contributed by atoms with Crippen molar-refractivity contribution in [3.05, 3.63) is 48.0 Å². The molecule has 0 aliphatic heterocycles. The van der Waals surface area contributed by atoms with Crippen molar-refractivity contribution >= 4 is 16.7 Å². The highest BCUT2D eigenvalue weighted by atomic mass is 16.4. The Morgan fingerprint density at radius 3 is 2.20 bits per heavy atom. The Hall–Kier alpha value is -1.91. The van der Waals surface area contributed by atoms with Gasteiger partial charge in [-0.15, -0.1) is 0 Å². The molecule has 0 aromatic heterocycles. The lowest BCUT2D eigenvalue weighted by atomic mass is 10.1. The maximum Gasteiger partial charge on any atom is 0.336 e. The van der Waals surface area contributed by atoms with Crippen LogP contribution in [-0.4, -0.2) is 22.0 Å². The molecule has 2 aromatic rings. The summed E-state index contributed by atoms with van der Waals surface area (Å²) in [4.78, 5) is 10.8. The number of aromatic carboxylic acids is 1. The van der Waals surface area contributed by atoms with E-state index in [1.807, 2.05) is 30.3 Å². The number of rotatable bonds is 1. The van der Waals surface area contributed by atoms with Gasteiger partial charge in [-0.2, -0.15) is 0 Å². The number of fused-ring (bicyclic) bond motifs is 1. The van der Waals surface area contributed by atoms with E-state index in [-0.39, 0.29) is 11.0 Å². The molecule has 0 spiro atoms. The third kappa shape index (κ3) is 2.31. The summed E-state index contributed by atoms with van der Waals surface area (Å²) in [6.07, 6.45) is 0. The average Bonchev–Trinajstić information content (AvgIpc) is 2.17. The van der Waals surface area contributed by atoms with Crippen molar-refractivity contribution in [1.82, 2.24) is 0 Å². The van der Waals surface area contributed by atoms with Gasteiger partial charge in [-0.25, -0.2) is 4.79 Å². The molecule has 4 heteroatoms. The fourth-order valence-corrected chi connectivity index (χ4v) is 1.41. The third-order valence-corrected chi connectivity index (χ3v) is 2.02. The number of carboxylic acids is 1. The summed E-state index contributed by atoms with van der Waals surface area (Å²) in [6.45, 7) is 0. The SMILES string of the molecule is O.O.O=C(O)c1cccc2ccccc12. The van der Waals surface area contributed by atoms with Gasteiger partial charge in [0.1, 0.15) is 0 Å². The highest BCUT2D eigenvalue weighted by molar-refractivity contribution is 6.03. The fraction of sp³-hybridized carbons (Fsp3) is 0. The molecule has 0 amide bonds. The number of hydrogen-bond acceptors (Lipinski definition) is 1. The van der Waals surface area contributed by atoms with Crippen LogP contribution in [0, 0.1) is 0 Å². The largest absolute Gasteiger partial charge is 0.478 e. The Bertz CT molecular complexity index is 460. The predicted octanol–water partition coefficient (Wildman–Crippen LogP) is 0.889. The van der Waals surface area contributed by atoms with Crippen molar-refractivity contribution in [3.63, 3.8) is 0 Å². The maximum atomic E-state index is 10.8. The molecule has 0 bridgehead atoms. The lowest BCUT2D eigenvalue weighted by molar-refractivity contribution is 0.0699. The lowest BCUT2D eigenvalue weighted by Crippen LogP contribution is -1.96. The van der Waals surface area contributed by atoms with E-state index in [1.54, 1.807) is 12.1 Å². The van der Waals surface area contributed by atoms with Crippen LogP contribution in [0.15, 0.2) is 42.5 Å². The number of carboxylic acid groups (broad SMARTS) is 1. The molecule has 0 saturated heterocycles. The van der Waals surface area contributed by atoms with E-state index < -0.39 is 5.97 Å². The molecule has 4 nitrogen and oxygen atoms in total. The van der Waals surface area contributed by atoms with Crippen LogP contribution in [0.25, 0.3) is 10.8 Å². The van der Waals surface area contributed by atoms with Gasteiger partial charge < -0.3 is 16.1 Å². The Kier molecular flexibility index (Phi) is 4.44. The van der Waals surface area contributed by atoms with Crippen LogP contribution in [0.5, 0.6) is 0 Å². The third-order valence-electron chi connectivity index (χ3n) is 2.02. The summed E-state index contributed by atoms with van der Waals surface area (Å²) in [5.74, 6) is -0.878. The van der Waals surface area contributed by atoms with Crippen LogP contribution in [-0.2, 0) is 0 Å². The van der Waals surface area contributed by atoms with E-state index >= 15 is 0 Å². The molecule has 5 N–H and O–H groups in total. The van der Waals surface area contributed by atoms with Crippen LogP contribution in [0.2, 0.25) is 0 Å². The first-order chi connectivity index (χ1) is 6.29. The zero-order valence-corrected chi connectivity index (χ0v) is 7.90. The van der Waals surface area contributed by atoms with Crippen molar-refractivity contribution in [2.75, 3.05) is 0 Å². The van der Waals surface area contributed by atoms with Gasteiger partial charge in [-0.05, 0) is 16.8 Å². The van der Waals surface area contributed by atoms with Gasteiger partial charge in [0.25, 0.3) is 0 Å². The first-order valence-corrected chi connectivity index (χ1v) is 4.00. The van der Waals surface area contributed by atoms with Gasteiger partial charge in [0.2, 0.25) is 0 Å². The molecule has 0 fully saturated rings. The molecular weight excluding hydrogens is 196 g/mol. The van der Waals surface area contributed by atoms with Crippen LogP contribution in [0.3, 0.4) is 0 Å². The van der Waals surface area contributed by atoms with Gasteiger partial charge in [-0.3, -0.25) is 0 Å². The van der Waals surface area contributed by atoms with Gasteiger partial charge >= 0.3 is 5.97 Å². The first-order valence-electron chi connectivity index (χ1n) is 4.00. The Labute approximate surface area is 86.4 Å². The van der Waals surface area contributed by atoms with Crippen LogP contribution in [0.1, 0.15) is 10.4 Å². The monoisotopic (exact) mass is 208 g/mol. The highest BCUT2D eigenvalue weighted by Gasteiger charge is 2.05. The summed E-state index contributed by atoms with van der Waals surface area (Å²) in [6, 6.07) is 12.7. The van der Waals surface area contributed by atoms with Crippen molar-refractivity contribution in [3.8, 4) is 0 Å². The molecule has 2 rings (SSSR count). The molecule has 0 unspecified atom stereocenters. The second-order valence-electron chi connectivity index (χ2n) is 2.83. The maximum absolute atomic E-state index is 10.8. The minimum atomic E-state index is -0.878. The molecule has 0 aliphatic carbocycles. The molecule has 0 saturated carbocycles. The molecule has 15 heavy (non-hydrogen) atoms. The van der Waals surface area contributed by atoms with E-state index in [0.29, 0.717) is 5.56 Å².